The lowest BCUT2D eigenvalue weighted by Crippen LogP contribution is -2.29. The molecule has 0 radical (unpaired) electrons. The summed E-state index contributed by atoms with van der Waals surface area (Å²) in [4.78, 5) is 10.4. The minimum absolute atomic E-state index is 0.0575. The summed E-state index contributed by atoms with van der Waals surface area (Å²) >= 11 is 5.79. The predicted octanol–water partition coefficient (Wildman–Crippen LogP) is 3.19. The van der Waals surface area contributed by atoms with Crippen molar-refractivity contribution in [1.82, 2.24) is 5.32 Å². The smallest absolute Gasteiger partial charge is 0.289 e. The van der Waals surface area contributed by atoms with Gasteiger partial charge in [0.1, 0.15) is 5.02 Å². The van der Waals surface area contributed by atoms with E-state index >= 15 is 0 Å². The molecule has 0 saturated carbocycles. The summed E-state index contributed by atoms with van der Waals surface area (Å²) in [6.45, 7) is 3.17. The highest BCUT2D eigenvalue weighted by Crippen LogP contribution is 2.28. The first-order valence-electron chi connectivity index (χ1n) is 6.50. The summed E-state index contributed by atoms with van der Waals surface area (Å²) in [5.74, 6) is 0. The third kappa shape index (κ3) is 3.81. The molecule has 6 heteroatoms. The largest absolute Gasteiger partial charge is 0.382 e. The van der Waals surface area contributed by atoms with Crippen molar-refractivity contribution in [3.63, 3.8) is 0 Å². The second kappa shape index (κ2) is 6.21. The number of nitro benzene ring substituents is 1. The Bertz CT molecular complexity index is 461. The van der Waals surface area contributed by atoms with Crippen LogP contribution >= 0.6 is 11.6 Å². The highest BCUT2D eigenvalue weighted by Gasteiger charge is 2.18. The third-order valence-electron chi connectivity index (χ3n) is 3.36. The van der Waals surface area contributed by atoms with Crippen LogP contribution in [-0.4, -0.2) is 23.6 Å². The van der Waals surface area contributed by atoms with Gasteiger partial charge in [0.15, 0.2) is 0 Å². The molecule has 2 rings (SSSR count). The topological polar surface area (TPSA) is 67.2 Å². The van der Waals surface area contributed by atoms with E-state index in [0.29, 0.717) is 6.04 Å². The molecule has 0 amide bonds. The average molecular weight is 284 g/mol. The normalized spacial score (nSPS) is 20.2. The van der Waals surface area contributed by atoms with Gasteiger partial charge in [0.2, 0.25) is 0 Å². The number of nitrogens with zero attached hydrogens (tertiary/aromatic N) is 1. The lowest BCUT2D eigenvalue weighted by molar-refractivity contribution is -0.384. The lowest BCUT2D eigenvalue weighted by Gasteiger charge is -2.19. The maximum Gasteiger partial charge on any atom is 0.289 e. The molecular weight excluding hydrogens is 266 g/mol. The standard InChI is InChI=1S/C13H18ClN3O2/c1-9(7-10-3-2-6-15-10)16-11-4-5-12(14)13(8-11)17(18)19/h4-5,8-10,15-16H,2-3,6-7H2,1H3. The van der Waals surface area contributed by atoms with Crippen molar-refractivity contribution in [1.29, 1.82) is 0 Å². The number of halogens is 1. The van der Waals surface area contributed by atoms with Crippen molar-refractivity contribution in [2.24, 2.45) is 0 Å². The first kappa shape index (κ1) is 14.1. The van der Waals surface area contributed by atoms with E-state index in [-0.39, 0.29) is 16.8 Å². The molecule has 0 aromatic heterocycles. The zero-order valence-electron chi connectivity index (χ0n) is 10.9. The Morgan fingerprint density at radius 2 is 2.42 bits per heavy atom. The van der Waals surface area contributed by atoms with Crippen LogP contribution in [0.4, 0.5) is 11.4 Å². The minimum atomic E-state index is -0.462. The van der Waals surface area contributed by atoms with E-state index in [1.165, 1.54) is 18.9 Å². The molecule has 2 N–H and O–H groups in total. The first-order chi connectivity index (χ1) is 9.06. The molecule has 1 fully saturated rings. The monoisotopic (exact) mass is 283 g/mol. The summed E-state index contributed by atoms with van der Waals surface area (Å²) in [7, 11) is 0. The summed E-state index contributed by atoms with van der Waals surface area (Å²) in [6.07, 6.45) is 3.44. The molecule has 1 aromatic carbocycles. The quantitative estimate of drug-likeness (QED) is 0.643. The molecule has 0 aliphatic carbocycles. The number of anilines is 1. The van der Waals surface area contributed by atoms with Crippen LogP contribution in [0, 0.1) is 10.1 Å². The highest BCUT2D eigenvalue weighted by molar-refractivity contribution is 6.32. The van der Waals surface area contributed by atoms with E-state index in [9.17, 15) is 10.1 Å². The molecule has 19 heavy (non-hydrogen) atoms. The van der Waals surface area contributed by atoms with E-state index in [0.717, 1.165) is 18.7 Å². The lowest BCUT2D eigenvalue weighted by atomic mass is 10.1. The molecule has 0 spiro atoms. The van der Waals surface area contributed by atoms with Crippen molar-refractivity contribution < 1.29 is 4.92 Å². The Morgan fingerprint density at radius 3 is 3.05 bits per heavy atom. The molecule has 2 atom stereocenters. The predicted molar refractivity (Wildman–Crippen MR) is 76.8 cm³/mol. The van der Waals surface area contributed by atoms with Crippen LogP contribution in [0.2, 0.25) is 5.02 Å². The SMILES string of the molecule is CC(CC1CCCN1)Nc1ccc(Cl)c([N+](=O)[O-])c1. The molecule has 104 valence electrons. The number of nitrogens with one attached hydrogen (secondary N) is 2. The summed E-state index contributed by atoms with van der Waals surface area (Å²) in [5, 5.41) is 17.7. The van der Waals surface area contributed by atoms with E-state index in [4.69, 9.17) is 11.6 Å². The number of rotatable bonds is 5. The zero-order chi connectivity index (χ0) is 13.8. The van der Waals surface area contributed by atoms with Gasteiger partial charge in [0.05, 0.1) is 4.92 Å². The van der Waals surface area contributed by atoms with E-state index in [1.807, 2.05) is 0 Å². The van der Waals surface area contributed by atoms with Gasteiger partial charge in [-0.1, -0.05) is 11.6 Å². The molecule has 1 heterocycles. The van der Waals surface area contributed by atoms with Gasteiger partial charge in [0.25, 0.3) is 5.69 Å². The van der Waals surface area contributed by atoms with E-state index < -0.39 is 4.92 Å². The van der Waals surface area contributed by atoms with Crippen molar-refractivity contribution in [2.75, 3.05) is 11.9 Å². The molecule has 1 saturated heterocycles. The van der Waals surface area contributed by atoms with Gasteiger partial charge < -0.3 is 10.6 Å². The summed E-state index contributed by atoms with van der Waals surface area (Å²) in [5.41, 5.74) is 0.680. The van der Waals surface area contributed by atoms with Gasteiger partial charge in [-0.05, 0) is 44.9 Å². The maximum absolute atomic E-state index is 10.8. The van der Waals surface area contributed by atoms with Crippen molar-refractivity contribution in [3.05, 3.63) is 33.3 Å². The Kier molecular flexibility index (Phi) is 4.61. The van der Waals surface area contributed by atoms with Crippen molar-refractivity contribution in [2.45, 2.75) is 38.3 Å². The Balaban J connectivity index is 1.98. The molecular formula is C13H18ClN3O2. The Hall–Kier alpha value is -1.33. The summed E-state index contributed by atoms with van der Waals surface area (Å²) < 4.78 is 0. The fraction of sp³-hybridized carbons (Fsp3) is 0.538. The van der Waals surface area contributed by atoms with Gasteiger partial charge in [-0.25, -0.2) is 0 Å². The second-order valence-electron chi connectivity index (χ2n) is 5.00. The highest BCUT2D eigenvalue weighted by atomic mass is 35.5. The molecule has 1 aliphatic rings. The van der Waals surface area contributed by atoms with Crippen molar-refractivity contribution in [3.8, 4) is 0 Å². The number of hydrogen-bond donors (Lipinski definition) is 2. The first-order valence-corrected chi connectivity index (χ1v) is 6.88. The number of benzene rings is 1. The van der Waals surface area contributed by atoms with Gasteiger partial charge in [0, 0.05) is 23.8 Å². The second-order valence-corrected chi connectivity index (χ2v) is 5.40. The molecule has 2 unspecified atom stereocenters. The maximum atomic E-state index is 10.8. The van der Waals surface area contributed by atoms with Crippen molar-refractivity contribution >= 4 is 23.0 Å². The summed E-state index contributed by atoms with van der Waals surface area (Å²) in [6, 6.07) is 5.62. The van der Waals surface area contributed by atoms with E-state index in [2.05, 4.69) is 17.6 Å². The van der Waals surface area contributed by atoms with Gasteiger partial charge in [-0.3, -0.25) is 10.1 Å². The van der Waals surface area contributed by atoms with Crippen LogP contribution in [0.3, 0.4) is 0 Å². The minimum Gasteiger partial charge on any atom is -0.382 e. The van der Waals surface area contributed by atoms with Crippen LogP contribution in [0.15, 0.2) is 18.2 Å². The molecule has 0 bridgehead atoms. The number of nitro groups is 1. The van der Waals surface area contributed by atoms with Crippen LogP contribution in [0.25, 0.3) is 0 Å². The fourth-order valence-electron chi connectivity index (χ4n) is 2.47. The van der Waals surface area contributed by atoms with Gasteiger partial charge >= 0.3 is 0 Å². The van der Waals surface area contributed by atoms with Gasteiger partial charge in [-0.2, -0.15) is 0 Å². The van der Waals surface area contributed by atoms with Crippen LogP contribution in [0.1, 0.15) is 26.2 Å². The Labute approximate surface area is 117 Å². The van der Waals surface area contributed by atoms with Gasteiger partial charge in [-0.15, -0.1) is 0 Å². The fourth-order valence-corrected chi connectivity index (χ4v) is 2.66. The van der Waals surface area contributed by atoms with Crippen LogP contribution in [-0.2, 0) is 0 Å². The molecule has 1 aromatic rings. The average Bonchev–Trinajstić information content (AvgIpc) is 2.84. The van der Waals surface area contributed by atoms with E-state index in [1.54, 1.807) is 12.1 Å². The molecule has 5 nitrogen and oxygen atoms in total. The third-order valence-corrected chi connectivity index (χ3v) is 3.68. The number of hydrogen-bond acceptors (Lipinski definition) is 4. The van der Waals surface area contributed by atoms with Crippen LogP contribution < -0.4 is 10.6 Å². The zero-order valence-corrected chi connectivity index (χ0v) is 11.6. The molecule has 1 aliphatic heterocycles. The Morgan fingerprint density at radius 1 is 1.63 bits per heavy atom. The van der Waals surface area contributed by atoms with Crippen LogP contribution in [0.5, 0.6) is 0 Å².